The number of anilines is 1. The van der Waals surface area contributed by atoms with Gasteiger partial charge in [-0.05, 0) is 44.4 Å². The normalized spacial score (nSPS) is 19.6. The summed E-state index contributed by atoms with van der Waals surface area (Å²) in [6.45, 7) is 9.19. The Bertz CT molecular complexity index is 399. The summed E-state index contributed by atoms with van der Waals surface area (Å²) in [4.78, 5) is 2.42. The van der Waals surface area contributed by atoms with Crippen molar-refractivity contribution in [1.82, 2.24) is 0 Å². The minimum Gasteiger partial charge on any atom is -0.379 e. The number of aryl methyl sites for hydroxylation is 1. The molecular formula is C14H20BNO. The Balaban J connectivity index is 2.35. The van der Waals surface area contributed by atoms with Crippen LogP contribution in [0, 0.1) is 13.8 Å². The van der Waals surface area contributed by atoms with Crippen molar-refractivity contribution < 1.29 is 4.74 Å². The van der Waals surface area contributed by atoms with E-state index in [1.165, 1.54) is 16.8 Å². The van der Waals surface area contributed by atoms with Crippen LogP contribution in [0.1, 0.15) is 24.5 Å². The Hall–Kier alpha value is -0.955. The predicted octanol–water partition coefficient (Wildman–Crippen LogP) is 1.71. The van der Waals surface area contributed by atoms with Crippen LogP contribution in [-0.2, 0) is 4.74 Å². The molecule has 1 aromatic carbocycles. The Morgan fingerprint density at radius 2 is 2.18 bits per heavy atom. The van der Waals surface area contributed by atoms with Crippen LogP contribution in [0.4, 0.5) is 5.69 Å². The van der Waals surface area contributed by atoms with Crippen LogP contribution in [-0.4, -0.2) is 33.6 Å². The smallest absolute Gasteiger partial charge is 0.113 e. The summed E-state index contributed by atoms with van der Waals surface area (Å²) in [6.07, 6.45) is 1.11. The van der Waals surface area contributed by atoms with E-state index in [-0.39, 0.29) is 0 Å². The second-order valence-corrected chi connectivity index (χ2v) is 4.79. The number of likely N-dealkylation sites (N-methyl/N-ethyl adjacent to an activating group) is 1. The van der Waals surface area contributed by atoms with E-state index in [2.05, 4.69) is 31.7 Å². The molecule has 2 nitrogen and oxygen atoms in total. The van der Waals surface area contributed by atoms with Crippen molar-refractivity contribution >= 4 is 19.0 Å². The van der Waals surface area contributed by atoms with E-state index in [0.29, 0.717) is 6.04 Å². The number of rotatable bonds is 3. The molecule has 1 aromatic rings. The molecular weight excluding hydrogens is 209 g/mol. The van der Waals surface area contributed by atoms with Gasteiger partial charge in [0.1, 0.15) is 7.85 Å². The Morgan fingerprint density at radius 3 is 2.76 bits per heavy atom. The zero-order valence-corrected chi connectivity index (χ0v) is 11.0. The maximum absolute atomic E-state index is 5.96. The Labute approximate surface area is 105 Å². The van der Waals surface area contributed by atoms with Gasteiger partial charge in [-0.3, -0.25) is 0 Å². The van der Waals surface area contributed by atoms with E-state index in [1.807, 2.05) is 6.07 Å². The fraction of sp³-hybridized carbons (Fsp3) is 0.571. The van der Waals surface area contributed by atoms with Crippen molar-refractivity contribution in [3.8, 4) is 0 Å². The molecule has 0 N–H and O–H groups in total. The number of hydrogen-bond donors (Lipinski definition) is 0. The van der Waals surface area contributed by atoms with Gasteiger partial charge in [0.2, 0.25) is 0 Å². The summed E-state index contributed by atoms with van der Waals surface area (Å²) >= 11 is 0. The van der Waals surface area contributed by atoms with Gasteiger partial charge in [-0.25, -0.2) is 0 Å². The van der Waals surface area contributed by atoms with Gasteiger partial charge in [0, 0.05) is 18.8 Å². The number of hydrogen-bond acceptors (Lipinski definition) is 2. The third kappa shape index (κ3) is 2.49. The maximum atomic E-state index is 5.96. The summed E-state index contributed by atoms with van der Waals surface area (Å²) in [6, 6.07) is 4.63. The van der Waals surface area contributed by atoms with Gasteiger partial charge < -0.3 is 9.64 Å². The lowest BCUT2D eigenvalue weighted by atomic mass is 9.90. The Kier molecular flexibility index (Phi) is 3.77. The molecule has 0 bridgehead atoms. The largest absolute Gasteiger partial charge is 0.379 e. The highest BCUT2D eigenvalue weighted by atomic mass is 16.5. The van der Waals surface area contributed by atoms with Gasteiger partial charge in [-0.15, -0.1) is 0 Å². The highest BCUT2D eigenvalue weighted by Gasteiger charge is 2.23. The van der Waals surface area contributed by atoms with Crippen LogP contribution < -0.4 is 10.4 Å². The minimum absolute atomic E-state index is 0.500. The molecule has 0 saturated carbocycles. The molecule has 90 valence electrons. The zero-order valence-electron chi connectivity index (χ0n) is 11.0. The summed E-state index contributed by atoms with van der Waals surface area (Å²) < 4.78 is 5.49. The van der Waals surface area contributed by atoms with E-state index in [1.54, 1.807) is 0 Å². The SMILES string of the molecule is [B]c1cc(C)c(C)c(N(CC)C2CCOC2)c1. The quantitative estimate of drug-likeness (QED) is 0.731. The van der Waals surface area contributed by atoms with Crippen LogP contribution in [0.5, 0.6) is 0 Å². The van der Waals surface area contributed by atoms with E-state index in [4.69, 9.17) is 12.6 Å². The zero-order chi connectivity index (χ0) is 12.4. The van der Waals surface area contributed by atoms with Crippen LogP contribution in [0.3, 0.4) is 0 Å². The molecule has 2 rings (SSSR count). The van der Waals surface area contributed by atoms with Crippen molar-refractivity contribution in [1.29, 1.82) is 0 Å². The fourth-order valence-corrected chi connectivity index (χ4v) is 2.56. The molecule has 1 unspecified atom stereocenters. The predicted molar refractivity (Wildman–Crippen MR) is 73.5 cm³/mol. The van der Waals surface area contributed by atoms with Crippen LogP contribution >= 0.6 is 0 Å². The second-order valence-electron chi connectivity index (χ2n) is 4.79. The monoisotopic (exact) mass is 229 g/mol. The highest BCUT2D eigenvalue weighted by molar-refractivity contribution is 6.32. The average molecular weight is 229 g/mol. The first kappa shape index (κ1) is 12.5. The van der Waals surface area contributed by atoms with E-state index >= 15 is 0 Å². The molecule has 1 saturated heterocycles. The lowest BCUT2D eigenvalue weighted by Gasteiger charge is -2.31. The highest BCUT2D eigenvalue weighted by Crippen LogP contribution is 2.26. The molecule has 0 aliphatic carbocycles. The Morgan fingerprint density at radius 1 is 1.41 bits per heavy atom. The van der Waals surface area contributed by atoms with Crippen molar-refractivity contribution in [2.75, 3.05) is 24.7 Å². The molecule has 3 heteroatoms. The third-order valence-corrected chi connectivity index (χ3v) is 3.66. The summed E-state index contributed by atoms with van der Waals surface area (Å²) in [7, 11) is 5.96. The molecule has 1 aliphatic rings. The molecule has 1 aliphatic heterocycles. The summed E-state index contributed by atoms with van der Waals surface area (Å²) in [5.74, 6) is 0. The maximum Gasteiger partial charge on any atom is 0.113 e. The van der Waals surface area contributed by atoms with Crippen molar-refractivity contribution in [2.45, 2.75) is 33.2 Å². The molecule has 0 aromatic heterocycles. The minimum atomic E-state index is 0.500. The topological polar surface area (TPSA) is 12.5 Å². The second kappa shape index (κ2) is 5.13. The van der Waals surface area contributed by atoms with E-state index in [9.17, 15) is 0 Å². The van der Waals surface area contributed by atoms with Crippen molar-refractivity contribution in [3.05, 3.63) is 23.3 Å². The molecule has 1 atom stereocenters. The standard InChI is InChI=1S/C14H20BNO/c1-4-16(13-5-6-17-9-13)14-8-12(15)7-10(2)11(14)3/h7-8,13H,4-6,9H2,1-3H3. The summed E-state index contributed by atoms with van der Waals surface area (Å²) in [5.41, 5.74) is 4.70. The van der Waals surface area contributed by atoms with Gasteiger partial charge in [-0.1, -0.05) is 11.5 Å². The molecule has 1 heterocycles. The number of nitrogens with zero attached hydrogens (tertiary/aromatic N) is 1. The van der Waals surface area contributed by atoms with E-state index < -0.39 is 0 Å². The van der Waals surface area contributed by atoms with Gasteiger partial charge >= 0.3 is 0 Å². The molecule has 0 spiro atoms. The number of ether oxygens (including phenoxy) is 1. The van der Waals surface area contributed by atoms with Gasteiger partial charge in [0.25, 0.3) is 0 Å². The molecule has 17 heavy (non-hydrogen) atoms. The first-order valence-electron chi connectivity index (χ1n) is 6.34. The van der Waals surface area contributed by atoms with Gasteiger partial charge in [0.15, 0.2) is 0 Å². The van der Waals surface area contributed by atoms with Crippen LogP contribution in [0.25, 0.3) is 0 Å². The summed E-state index contributed by atoms with van der Waals surface area (Å²) in [5, 5.41) is 0. The lowest BCUT2D eigenvalue weighted by Crippen LogP contribution is -2.36. The molecule has 1 fully saturated rings. The average Bonchev–Trinajstić information content (AvgIpc) is 2.79. The van der Waals surface area contributed by atoms with Crippen LogP contribution in [0.15, 0.2) is 12.1 Å². The number of benzene rings is 1. The van der Waals surface area contributed by atoms with Gasteiger partial charge in [0.05, 0.1) is 12.6 Å². The van der Waals surface area contributed by atoms with Crippen molar-refractivity contribution in [3.63, 3.8) is 0 Å². The lowest BCUT2D eigenvalue weighted by molar-refractivity contribution is 0.193. The first-order chi connectivity index (χ1) is 8.13. The molecule has 2 radical (unpaired) electrons. The van der Waals surface area contributed by atoms with Gasteiger partial charge in [-0.2, -0.15) is 0 Å². The third-order valence-electron chi connectivity index (χ3n) is 3.66. The first-order valence-corrected chi connectivity index (χ1v) is 6.34. The van der Waals surface area contributed by atoms with Crippen molar-refractivity contribution in [2.24, 2.45) is 0 Å². The van der Waals surface area contributed by atoms with Crippen LogP contribution in [0.2, 0.25) is 0 Å². The van der Waals surface area contributed by atoms with E-state index in [0.717, 1.165) is 31.6 Å². The molecule has 0 amide bonds. The fourth-order valence-electron chi connectivity index (χ4n) is 2.56.